The maximum absolute atomic E-state index is 14.0. The molecule has 2 atom stereocenters. The highest BCUT2D eigenvalue weighted by atomic mass is 32.2. The number of halogens is 1. The number of carbonyl (C=O) groups is 2. The van der Waals surface area contributed by atoms with Gasteiger partial charge in [0, 0.05) is 32.3 Å². The van der Waals surface area contributed by atoms with Gasteiger partial charge in [0.25, 0.3) is 5.91 Å². The van der Waals surface area contributed by atoms with Crippen molar-refractivity contribution in [2.24, 2.45) is 0 Å². The van der Waals surface area contributed by atoms with E-state index in [4.69, 9.17) is 14.3 Å². The van der Waals surface area contributed by atoms with Crippen LogP contribution in [0.5, 0.6) is 11.5 Å². The zero-order valence-corrected chi connectivity index (χ0v) is 23.7. The number of amides is 2. The monoisotopic (exact) mass is 597 g/mol. The fourth-order valence-corrected chi connectivity index (χ4v) is 7.28. The molecule has 2 aliphatic rings. The summed E-state index contributed by atoms with van der Waals surface area (Å²) in [5.41, 5.74) is 2.98. The number of benzene rings is 2. The minimum Gasteiger partial charge on any atom is -0.457 e. The Hall–Kier alpha value is -3.87. The van der Waals surface area contributed by atoms with Gasteiger partial charge in [0.1, 0.15) is 27.8 Å². The molecule has 42 heavy (non-hydrogen) atoms. The Morgan fingerprint density at radius 3 is 2.43 bits per heavy atom. The molecule has 12 heteroatoms. The molecule has 2 fully saturated rings. The van der Waals surface area contributed by atoms with E-state index >= 15 is 0 Å². The first-order valence-corrected chi connectivity index (χ1v) is 15.4. The molecule has 222 valence electrons. The predicted octanol–water partition coefficient (Wildman–Crippen LogP) is 4.13. The number of rotatable bonds is 8. The molecule has 3 heterocycles. The fourth-order valence-electron chi connectivity index (χ4n) is 5.18. The van der Waals surface area contributed by atoms with Gasteiger partial charge in [-0.2, -0.15) is 0 Å². The number of nitrogens with zero attached hydrogens (tertiary/aromatic N) is 2. The number of aromatic nitrogens is 1. The first kappa shape index (κ1) is 29.6. The van der Waals surface area contributed by atoms with Crippen molar-refractivity contribution in [1.82, 2.24) is 15.4 Å². The van der Waals surface area contributed by atoms with Gasteiger partial charge in [0.15, 0.2) is 16.1 Å². The van der Waals surface area contributed by atoms with Gasteiger partial charge in [-0.15, -0.1) is 0 Å². The first-order chi connectivity index (χ1) is 20.3. The smallest absolute Gasteiger partial charge is 0.272 e. The van der Waals surface area contributed by atoms with Crippen molar-refractivity contribution in [2.75, 3.05) is 25.4 Å². The van der Waals surface area contributed by atoms with Gasteiger partial charge in [0.2, 0.25) is 5.91 Å². The number of carbonyl (C=O) groups excluding carboxylic acids is 2. The minimum absolute atomic E-state index is 0.0284. The largest absolute Gasteiger partial charge is 0.457 e. The number of sulfone groups is 1. The van der Waals surface area contributed by atoms with Crippen LogP contribution in [0.2, 0.25) is 0 Å². The number of hydrogen-bond acceptors (Lipinski definition) is 8. The molecule has 3 aromatic rings. The molecule has 0 spiro atoms. The van der Waals surface area contributed by atoms with Crippen LogP contribution in [0.25, 0.3) is 0 Å². The molecule has 1 aromatic heterocycles. The Labute approximate surface area is 243 Å². The second kappa shape index (κ2) is 13.0. The van der Waals surface area contributed by atoms with Crippen LogP contribution in [0, 0.1) is 5.82 Å². The summed E-state index contributed by atoms with van der Waals surface area (Å²) in [7, 11) is -3.98. The molecule has 1 N–H and O–H groups in total. The zero-order chi connectivity index (χ0) is 29.6. The summed E-state index contributed by atoms with van der Waals surface area (Å²) in [6.45, 7) is 0.562. The summed E-state index contributed by atoms with van der Waals surface area (Å²) in [5, 5.41) is 0. The Morgan fingerprint density at radius 2 is 1.76 bits per heavy atom. The zero-order valence-electron chi connectivity index (χ0n) is 22.9. The molecule has 2 saturated heterocycles. The molecule has 2 aliphatic heterocycles. The average Bonchev–Trinajstić information content (AvgIpc) is 3.14. The molecule has 0 radical (unpaired) electrons. The second-order valence-corrected chi connectivity index (χ2v) is 12.7. The third-order valence-electron chi connectivity index (χ3n) is 7.50. The molecular formula is C30H32FN3O7S. The highest BCUT2D eigenvalue weighted by Crippen LogP contribution is 2.41. The lowest BCUT2D eigenvalue weighted by molar-refractivity contribution is -0.200. The number of pyridine rings is 1. The van der Waals surface area contributed by atoms with Crippen molar-refractivity contribution in [3.05, 3.63) is 90.0 Å². The van der Waals surface area contributed by atoms with E-state index in [0.29, 0.717) is 30.1 Å². The van der Waals surface area contributed by atoms with E-state index in [-0.39, 0.29) is 36.9 Å². The predicted molar refractivity (Wildman–Crippen MR) is 151 cm³/mol. The van der Waals surface area contributed by atoms with E-state index in [1.165, 1.54) is 35.4 Å². The van der Waals surface area contributed by atoms with Crippen LogP contribution in [-0.4, -0.2) is 61.9 Å². The van der Waals surface area contributed by atoms with Gasteiger partial charge in [-0.05, 0) is 73.4 Å². The Bertz CT molecular complexity index is 1480. The summed E-state index contributed by atoms with van der Waals surface area (Å²) < 4.78 is 50.9. The molecule has 0 saturated carbocycles. The van der Waals surface area contributed by atoms with Gasteiger partial charge in [0.05, 0.1) is 12.2 Å². The van der Waals surface area contributed by atoms with Crippen molar-refractivity contribution in [3.63, 3.8) is 0 Å². The molecule has 10 nitrogen and oxygen atoms in total. The third kappa shape index (κ3) is 6.77. The highest BCUT2D eigenvalue weighted by molar-refractivity contribution is 7.92. The lowest BCUT2D eigenvalue weighted by Gasteiger charge is -2.32. The summed E-state index contributed by atoms with van der Waals surface area (Å²) in [6, 6.07) is 16.9. The normalized spacial score (nSPS) is 22.1. The highest BCUT2D eigenvalue weighted by Gasteiger charge is 2.49. The minimum atomic E-state index is -3.98. The fraction of sp³-hybridized carbons (Fsp3) is 0.367. The summed E-state index contributed by atoms with van der Waals surface area (Å²) in [6.07, 6.45) is 2.87. The first-order valence-electron chi connectivity index (χ1n) is 13.8. The van der Waals surface area contributed by atoms with Crippen LogP contribution in [0.3, 0.4) is 0 Å². The Kier molecular flexibility index (Phi) is 9.15. The third-order valence-corrected chi connectivity index (χ3v) is 9.99. The summed E-state index contributed by atoms with van der Waals surface area (Å²) in [4.78, 5) is 37.4. The van der Waals surface area contributed by atoms with E-state index in [0.717, 1.165) is 12.8 Å². The van der Waals surface area contributed by atoms with Crippen molar-refractivity contribution in [1.29, 1.82) is 0 Å². The molecule has 2 amide bonds. The van der Waals surface area contributed by atoms with E-state index in [1.807, 2.05) is 0 Å². The SMILES string of the molecule is O=C(CC1(c2ccc(Oc3ccc(F)cc3)cc2)CCN(C(=O)c2ccccn2)CCS1(=O)=O)NOC1CCCCO1. The maximum atomic E-state index is 14.0. The van der Waals surface area contributed by atoms with E-state index < -0.39 is 39.0 Å². The Balaban J connectivity index is 1.41. The lowest BCUT2D eigenvalue weighted by Crippen LogP contribution is -2.43. The average molecular weight is 598 g/mol. The van der Waals surface area contributed by atoms with Crippen molar-refractivity contribution in [2.45, 2.75) is 43.1 Å². The van der Waals surface area contributed by atoms with Crippen molar-refractivity contribution >= 4 is 21.7 Å². The topological polar surface area (TPSA) is 124 Å². The number of ether oxygens (including phenoxy) is 2. The maximum Gasteiger partial charge on any atom is 0.272 e. The second-order valence-electron chi connectivity index (χ2n) is 10.3. The summed E-state index contributed by atoms with van der Waals surface area (Å²) in [5.74, 6) is -0.937. The lowest BCUT2D eigenvalue weighted by atomic mass is 9.90. The van der Waals surface area contributed by atoms with E-state index in [1.54, 1.807) is 42.5 Å². The van der Waals surface area contributed by atoms with Crippen LogP contribution in [0.15, 0.2) is 72.9 Å². The van der Waals surface area contributed by atoms with Crippen LogP contribution < -0.4 is 10.2 Å². The van der Waals surface area contributed by atoms with Crippen LogP contribution in [0.4, 0.5) is 4.39 Å². The van der Waals surface area contributed by atoms with Gasteiger partial charge in [-0.25, -0.2) is 23.1 Å². The molecule has 0 bridgehead atoms. The molecule has 5 rings (SSSR count). The van der Waals surface area contributed by atoms with Crippen LogP contribution in [0.1, 0.15) is 48.2 Å². The molecule has 2 aromatic carbocycles. The summed E-state index contributed by atoms with van der Waals surface area (Å²) >= 11 is 0. The van der Waals surface area contributed by atoms with Gasteiger partial charge >= 0.3 is 0 Å². The Morgan fingerprint density at radius 1 is 1.02 bits per heavy atom. The van der Waals surface area contributed by atoms with Crippen molar-refractivity contribution < 1.29 is 36.7 Å². The standard InChI is InChI=1S/C30H32FN3O7S/c31-23-9-13-25(14-10-23)40-24-11-7-22(8-12-24)30(21-27(35)33-41-28-6-2-4-19-39-28)15-17-34(18-20-42(30,37)38)29(36)26-5-1-3-16-32-26/h1,3,5,7-14,16,28H,2,4,6,15,17-21H2,(H,33,35). The van der Waals surface area contributed by atoms with Gasteiger partial charge in [-0.1, -0.05) is 18.2 Å². The number of hydroxylamine groups is 1. The molecule has 0 aliphatic carbocycles. The van der Waals surface area contributed by atoms with Gasteiger partial charge in [-0.3, -0.25) is 14.6 Å². The van der Waals surface area contributed by atoms with Crippen LogP contribution >= 0.6 is 0 Å². The van der Waals surface area contributed by atoms with Crippen LogP contribution in [-0.2, 0) is 29.0 Å². The molecule has 2 unspecified atom stereocenters. The van der Waals surface area contributed by atoms with Crippen molar-refractivity contribution in [3.8, 4) is 11.5 Å². The number of hydrogen-bond donors (Lipinski definition) is 1. The van der Waals surface area contributed by atoms with E-state index in [2.05, 4.69) is 10.5 Å². The van der Waals surface area contributed by atoms with E-state index in [9.17, 15) is 22.4 Å². The quantitative estimate of drug-likeness (QED) is 0.385. The van der Waals surface area contributed by atoms with Gasteiger partial charge < -0.3 is 14.4 Å². The number of nitrogens with one attached hydrogen (secondary N) is 1. The molecular weight excluding hydrogens is 565 g/mol.